The maximum absolute atomic E-state index is 13.0. The first-order valence-electron chi connectivity index (χ1n) is 8.55. The quantitative estimate of drug-likeness (QED) is 0.926. The predicted molar refractivity (Wildman–Crippen MR) is 86.7 cm³/mol. The molecule has 2 aromatic heterocycles. The Morgan fingerprint density at radius 3 is 2.96 bits per heavy atom. The normalized spacial score (nSPS) is 20.8. The van der Waals surface area contributed by atoms with E-state index in [9.17, 15) is 4.79 Å². The van der Waals surface area contributed by atoms with Gasteiger partial charge in [0.2, 0.25) is 0 Å². The first-order valence-corrected chi connectivity index (χ1v) is 8.55. The lowest BCUT2D eigenvalue weighted by Gasteiger charge is -2.18. The molecule has 1 atom stereocenters. The van der Waals surface area contributed by atoms with Crippen LogP contribution in [0, 0.1) is 13.8 Å². The van der Waals surface area contributed by atoms with Crippen LogP contribution >= 0.6 is 0 Å². The molecule has 4 rings (SSSR count). The summed E-state index contributed by atoms with van der Waals surface area (Å²) in [5, 5.41) is 7.21. The standard InChI is InChI=1S/C18H23N3O2/c1-11-9-19-20-17(11)13-7-8-21(10-13)18(22)16-12(2)23-15-6-4-3-5-14(15)16/h9,13H,3-8,10H2,1-2H3,(H,19,20)/t13-/m0/s1. The maximum Gasteiger partial charge on any atom is 0.257 e. The van der Waals surface area contributed by atoms with Crippen molar-refractivity contribution in [3.8, 4) is 0 Å². The number of aryl methyl sites for hydroxylation is 3. The number of furan rings is 1. The number of carbonyl (C=O) groups is 1. The summed E-state index contributed by atoms with van der Waals surface area (Å²) in [6.07, 6.45) is 7.12. The molecule has 3 heterocycles. The fraction of sp³-hybridized carbons (Fsp3) is 0.556. The largest absolute Gasteiger partial charge is 0.465 e. The Bertz CT molecular complexity index is 744. The van der Waals surface area contributed by atoms with Gasteiger partial charge in [0.05, 0.1) is 11.8 Å². The van der Waals surface area contributed by atoms with Crippen molar-refractivity contribution < 1.29 is 9.21 Å². The Kier molecular flexibility index (Phi) is 3.51. The van der Waals surface area contributed by atoms with Gasteiger partial charge in [-0.05, 0) is 45.1 Å². The lowest BCUT2D eigenvalue weighted by molar-refractivity contribution is 0.0788. The molecule has 1 aliphatic carbocycles. The molecule has 1 amide bonds. The minimum atomic E-state index is 0.147. The van der Waals surface area contributed by atoms with Gasteiger partial charge in [0.1, 0.15) is 11.5 Å². The number of aromatic nitrogens is 2. The average Bonchev–Trinajstić information content (AvgIpc) is 3.23. The van der Waals surface area contributed by atoms with E-state index in [1.165, 1.54) is 23.2 Å². The van der Waals surface area contributed by atoms with Crippen molar-refractivity contribution in [1.29, 1.82) is 0 Å². The van der Waals surface area contributed by atoms with Crippen LogP contribution in [-0.2, 0) is 12.8 Å². The summed E-state index contributed by atoms with van der Waals surface area (Å²) in [6, 6.07) is 0. The van der Waals surface area contributed by atoms with E-state index >= 15 is 0 Å². The summed E-state index contributed by atoms with van der Waals surface area (Å²) >= 11 is 0. The highest BCUT2D eigenvalue weighted by molar-refractivity contribution is 5.97. The molecular formula is C18H23N3O2. The van der Waals surface area contributed by atoms with E-state index < -0.39 is 0 Å². The minimum Gasteiger partial charge on any atom is -0.465 e. The van der Waals surface area contributed by atoms with Crippen LogP contribution in [0.4, 0.5) is 0 Å². The summed E-state index contributed by atoms with van der Waals surface area (Å²) in [6.45, 7) is 5.57. The van der Waals surface area contributed by atoms with Crippen LogP contribution in [-0.4, -0.2) is 34.1 Å². The van der Waals surface area contributed by atoms with Gasteiger partial charge < -0.3 is 9.32 Å². The van der Waals surface area contributed by atoms with Crippen LogP contribution in [0.25, 0.3) is 0 Å². The summed E-state index contributed by atoms with van der Waals surface area (Å²) in [7, 11) is 0. The smallest absolute Gasteiger partial charge is 0.257 e. The van der Waals surface area contributed by atoms with Crippen LogP contribution in [0.15, 0.2) is 10.6 Å². The molecule has 0 spiro atoms. The summed E-state index contributed by atoms with van der Waals surface area (Å²) in [4.78, 5) is 15.0. The van der Waals surface area contributed by atoms with Crippen molar-refractivity contribution in [1.82, 2.24) is 15.1 Å². The topological polar surface area (TPSA) is 62.1 Å². The minimum absolute atomic E-state index is 0.147. The summed E-state index contributed by atoms with van der Waals surface area (Å²) in [5.74, 6) is 2.35. The summed E-state index contributed by atoms with van der Waals surface area (Å²) in [5.41, 5.74) is 4.36. The van der Waals surface area contributed by atoms with Gasteiger partial charge in [-0.3, -0.25) is 9.89 Å². The zero-order chi connectivity index (χ0) is 16.0. The van der Waals surface area contributed by atoms with E-state index in [2.05, 4.69) is 17.1 Å². The van der Waals surface area contributed by atoms with E-state index in [1.54, 1.807) is 0 Å². The molecule has 0 aromatic carbocycles. The number of amides is 1. The monoisotopic (exact) mass is 313 g/mol. The van der Waals surface area contributed by atoms with Crippen molar-refractivity contribution in [2.24, 2.45) is 0 Å². The molecule has 1 aliphatic heterocycles. The first-order chi connectivity index (χ1) is 11.1. The van der Waals surface area contributed by atoms with Crippen LogP contribution in [0.1, 0.15) is 63.9 Å². The highest BCUT2D eigenvalue weighted by atomic mass is 16.3. The van der Waals surface area contributed by atoms with Gasteiger partial charge in [0.25, 0.3) is 5.91 Å². The first kappa shape index (κ1) is 14.5. The van der Waals surface area contributed by atoms with Crippen LogP contribution in [0.2, 0.25) is 0 Å². The Labute approximate surface area is 136 Å². The third-order valence-corrected chi connectivity index (χ3v) is 5.31. The lowest BCUT2D eigenvalue weighted by Crippen LogP contribution is -2.29. The van der Waals surface area contributed by atoms with Crippen molar-refractivity contribution in [3.63, 3.8) is 0 Å². The Hall–Kier alpha value is -2.04. The van der Waals surface area contributed by atoms with E-state index in [0.717, 1.165) is 55.9 Å². The molecule has 2 aliphatic rings. The highest BCUT2D eigenvalue weighted by Crippen LogP contribution is 2.33. The second kappa shape index (κ2) is 5.55. The van der Waals surface area contributed by atoms with Crippen LogP contribution in [0.5, 0.6) is 0 Å². The third kappa shape index (κ3) is 2.38. The van der Waals surface area contributed by atoms with Crippen LogP contribution < -0.4 is 0 Å². The molecular weight excluding hydrogens is 290 g/mol. The van der Waals surface area contributed by atoms with E-state index in [4.69, 9.17) is 4.42 Å². The van der Waals surface area contributed by atoms with Gasteiger partial charge in [0.15, 0.2) is 0 Å². The van der Waals surface area contributed by atoms with E-state index in [0.29, 0.717) is 5.92 Å². The zero-order valence-corrected chi connectivity index (χ0v) is 13.8. The Morgan fingerprint density at radius 1 is 1.35 bits per heavy atom. The second-order valence-electron chi connectivity index (χ2n) is 6.85. The van der Waals surface area contributed by atoms with Gasteiger partial charge in [0, 0.05) is 36.7 Å². The van der Waals surface area contributed by atoms with Crippen molar-refractivity contribution in [2.75, 3.05) is 13.1 Å². The Balaban J connectivity index is 1.57. The molecule has 0 radical (unpaired) electrons. The number of likely N-dealkylation sites (tertiary alicyclic amines) is 1. The number of rotatable bonds is 2. The number of aromatic amines is 1. The van der Waals surface area contributed by atoms with Gasteiger partial charge in [-0.15, -0.1) is 0 Å². The molecule has 1 fully saturated rings. The number of nitrogens with one attached hydrogen (secondary N) is 1. The van der Waals surface area contributed by atoms with Gasteiger partial charge in [-0.25, -0.2) is 0 Å². The van der Waals surface area contributed by atoms with Crippen molar-refractivity contribution in [2.45, 2.75) is 51.9 Å². The molecule has 0 bridgehead atoms. The molecule has 122 valence electrons. The fourth-order valence-electron chi connectivity index (χ4n) is 4.09. The zero-order valence-electron chi connectivity index (χ0n) is 13.8. The van der Waals surface area contributed by atoms with Crippen LogP contribution in [0.3, 0.4) is 0 Å². The SMILES string of the molecule is Cc1cn[nH]c1[C@H]1CCN(C(=O)c2c(C)oc3c2CCCC3)C1. The molecule has 2 aromatic rings. The molecule has 1 saturated heterocycles. The molecule has 23 heavy (non-hydrogen) atoms. The number of hydrogen-bond donors (Lipinski definition) is 1. The predicted octanol–water partition coefficient (Wildman–Crippen LogP) is 3.13. The third-order valence-electron chi connectivity index (χ3n) is 5.31. The number of fused-ring (bicyclic) bond motifs is 1. The van der Waals surface area contributed by atoms with E-state index in [-0.39, 0.29) is 5.91 Å². The fourth-order valence-corrected chi connectivity index (χ4v) is 4.09. The van der Waals surface area contributed by atoms with E-state index in [1.807, 2.05) is 18.0 Å². The van der Waals surface area contributed by atoms with Crippen molar-refractivity contribution >= 4 is 5.91 Å². The Morgan fingerprint density at radius 2 is 2.17 bits per heavy atom. The number of carbonyl (C=O) groups excluding carboxylic acids is 1. The van der Waals surface area contributed by atoms with Gasteiger partial charge in [-0.2, -0.15) is 5.10 Å². The number of nitrogens with zero attached hydrogens (tertiary/aromatic N) is 2. The van der Waals surface area contributed by atoms with Gasteiger partial charge >= 0.3 is 0 Å². The second-order valence-corrected chi connectivity index (χ2v) is 6.85. The summed E-state index contributed by atoms with van der Waals surface area (Å²) < 4.78 is 5.87. The van der Waals surface area contributed by atoms with Gasteiger partial charge in [-0.1, -0.05) is 0 Å². The van der Waals surface area contributed by atoms with Crippen molar-refractivity contribution in [3.05, 3.63) is 40.1 Å². The lowest BCUT2D eigenvalue weighted by atomic mass is 9.94. The molecule has 1 N–H and O–H groups in total. The molecule has 0 saturated carbocycles. The molecule has 5 heteroatoms. The molecule has 5 nitrogen and oxygen atoms in total. The average molecular weight is 313 g/mol. The number of hydrogen-bond acceptors (Lipinski definition) is 3. The maximum atomic E-state index is 13.0. The highest BCUT2D eigenvalue weighted by Gasteiger charge is 2.33. The number of H-pyrrole nitrogens is 1. The molecule has 0 unspecified atom stereocenters.